The fourth-order valence-electron chi connectivity index (χ4n) is 1.91. The van der Waals surface area contributed by atoms with Gasteiger partial charge in [-0.05, 0) is 31.4 Å². The van der Waals surface area contributed by atoms with Crippen LogP contribution in [0, 0.1) is 0 Å². The average molecular weight is 219 g/mol. The third kappa shape index (κ3) is 3.24. The third-order valence-electron chi connectivity index (χ3n) is 3.26. The predicted molar refractivity (Wildman–Crippen MR) is 66.8 cm³/mol. The Morgan fingerprint density at radius 2 is 2.06 bits per heavy atom. The average Bonchev–Trinajstić information content (AvgIpc) is 2.28. The number of para-hydroxylation sites is 1. The monoisotopic (exact) mass is 219 g/mol. The van der Waals surface area contributed by atoms with E-state index in [1.165, 1.54) is 19.3 Å². The van der Waals surface area contributed by atoms with Gasteiger partial charge in [0.1, 0.15) is 12.4 Å². The first-order chi connectivity index (χ1) is 7.88. The molecule has 1 N–H and O–H groups in total. The van der Waals surface area contributed by atoms with E-state index in [9.17, 15) is 0 Å². The molecule has 1 saturated carbocycles. The van der Waals surface area contributed by atoms with Gasteiger partial charge < -0.3 is 10.1 Å². The number of ether oxygens (including phenoxy) is 1. The van der Waals surface area contributed by atoms with Gasteiger partial charge in [-0.3, -0.25) is 0 Å². The van der Waals surface area contributed by atoms with Crippen LogP contribution in [0.25, 0.3) is 0 Å². The molecule has 0 aromatic heterocycles. The van der Waals surface area contributed by atoms with Crippen molar-refractivity contribution in [2.24, 2.45) is 0 Å². The Hall–Kier alpha value is -1.02. The lowest BCUT2D eigenvalue weighted by molar-refractivity contribution is 0.220. The van der Waals surface area contributed by atoms with Gasteiger partial charge in [0.15, 0.2) is 0 Å². The molecule has 0 heterocycles. The molecule has 1 aromatic carbocycles. The summed E-state index contributed by atoms with van der Waals surface area (Å²) in [5, 5.41) is 3.65. The molecule has 0 saturated heterocycles. The van der Waals surface area contributed by atoms with E-state index in [-0.39, 0.29) is 0 Å². The molecule has 0 aliphatic heterocycles. The Morgan fingerprint density at radius 1 is 1.31 bits per heavy atom. The lowest BCUT2D eigenvalue weighted by atomic mass is 9.92. The zero-order chi connectivity index (χ0) is 11.2. The van der Waals surface area contributed by atoms with E-state index < -0.39 is 0 Å². The van der Waals surface area contributed by atoms with Gasteiger partial charge in [-0.25, -0.2) is 0 Å². The summed E-state index contributed by atoms with van der Waals surface area (Å²) in [5.74, 6) is 0.969. The summed E-state index contributed by atoms with van der Waals surface area (Å²) >= 11 is 0. The van der Waals surface area contributed by atoms with Gasteiger partial charge in [-0.15, -0.1) is 0 Å². The summed E-state index contributed by atoms with van der Waals surface area (Å²) < 4.78 is 5.77. The molecule has 2 nitrogen and oxygen atoms in total. The van der Waals surface area contributed by atoms with Crippen LogP contribution in [0.2, 0.25) is 0 Å². The minimum atomic E-state index is 0.491. The van der Waals surface area contributed by atoms with E-state index >= 15 is 0 Å². The number of benzene rings is 1. The Bertz CT molecular complexity index is 295. The SMILES string of the molecule is CCC(COc1ccccc1)NC1CCC1. The standard InChI is InChI=1S/C14H21NO/c1-2-12(15-13-7-6-8-13)11-16-14-9-4-3-5-10-14/h3-5,9-10,12-13,15H,2,6-8,11H2,1H3. The molecule has 1 atom stereocenters. The Kier molecular flexibility index (Phi) is 4.23. The van der Waals surface area contributed by atoms with Gasteiger partial charge in [-0.2, -0.15) is 0 Å². The first-order valence-corrected chi connectivity index (χ1v) is 6.32. The predicted octanol–water partition coefficient (Wildman–Crippen LogP) is 2.99. The van der Waals surface area contributed by atoms with E-state index in [1.54, 1.807) is 0 Å². The minimum Gasteiger partial charge on any atom is -0.492 e. The lowest BCUT2D eigenvalue weighted by Crippen LogP contribution is -2.44. The van der Waals surface area contributed by atoms with Crippen molar-refractivity contribution >= 4 is 0 Å². The maximum atomic E-state index is 5.77. The molecule has 1 aromatic rings. The van der Waals surface area contributed by atoms with Crippen LogP contribution < -0.4 is 10.1 Å². The molecule has 0 bridgehead atoms. The summed E-state index contributed by atoms with van der Waals surface area (Å²) in [6.07, 6.45) is 5.18. The highest BCUT2D eigenvalue weighted by atomic mass is 16.5. The molecule has 0 radical (unpaired) electrons. The van der Waals surface area contributed by atoms with Crippen LogP contribution in [0.1, 0.15) is 32.6 Å². The van der Waals surface area contributed by atoms with Crippen molar-refractivity contribution in [3.05, 3.63) is 30.3 Å². The molecule has 2 rings (SSSR count). The van der Waals surface area contributed by atoms with Crippen LogP contribution >= 0.6 is 0 Å². The summed E-state index contributed by atoms with van der Waals surface area (Å²) in [7, 11) is 0. The highest BCUT2D eigenvalue weighted by Crippen LogP contribution is 2.19. The second-order valence-corrected chi connectivity index (χ2v) is 4.52. The van der Waals surface area contributed by atoms with Crippen molar-refractivity contribution in [3.8, 4) is 5.75 Å². The molecule has 1 unspecified atom stereocenters. The largest absolute Gasteiger partial charge is 0.492 e. The lowest BCUT2D eigenvalue weighted by Gasteiger charge is -2.31. The fraction of sp³-hybridized carbons (Fsp3) is 0.571. The molecule has 1 aliphatic rings. The van der Waals surface area contributed by atoms with E-state index in [2.05, 4.69) is 12.2 Å². The maximum absolute atomic E-state index is 5.77. The second-order valence-electron chi connectivity index (χ2n) is 4.52. The number of hydrogen-bond acceptors (Lipinski definition) is 2. The highest BCUT2D eigenvalue weighted by Gasteiger charge is 2.20. The zero-order valence-electron chi connectivity index (χ0n) is 9.99. The van der Waals surface area contributed by atoms with Crippen molar-refractivity contribution in [2.75, 3.05) is 6.61 Å². The van der Waals surface area contributed by atoms with Crippen molar-refractivity contribution in [3.63, 3.8) is 0 Å². The van der Waals surface area contributed by atoms with Gasteiger partial charge in [0.25, 0.3) is 0 Å². The van der Waals surface area contributed by atoms with Gasteiger partial charge in [0, 0.05) is 12.1 Å². The second kappa shape index (κ2) is 5.90. The Labute approximate surface area is 98.0 Å². The highest BCUT2D eigenvalue weighted by molar-refractivity contribution is 5.20. The number of rotatable bonds is 6. The summed E-state index contributed by atoms with van der Waals surface area (Å²) in [4.78, 5) is 0. The van der Waals surface area contributed by atoms with E-state index in [1.807, 2.05) is 30.3 Å². The molecule has 2 heteroatoms. The first kappa shape index (κ1) is 11.5. The van der Waals surface area contributed by atoms with Crippen LogP contribution in [0.15, 0.2) is 30.3 Å². The van der Waals surface area contributed by atoms with Gasteiger partial charge >= 0.3 is 0 Å². The molecule has 88 valence electrons. The van der Waals surface area contributed by atoms with Gasteiger partial charge in [0.2, 0.25) is 0 Å². The molecular formula is C14H21NO. The third-order valence-corrected chi connectivity index (χ3v) is 3.26. The quantitative estimate of drug-likeness (QED) is 0.794. The zero-order valence-corrected chi connectivity index (χ0v) is 9.99. The molecule has 16 heavy (non-hydrogen) atoms. The Morgan fingerprint density at radius 3 is 2.62 bits per heavy atom. The first-order valence-electron chi connectivity index (χ1n) is 6.32. The minimum absolute atomic E-state index is 0.491. The molecular weight excluding hydrogens is 198 g/mol. The van der Waals surface area contributed by atoms with E-state index in [0.717, 1.165) is 24.8 Å². The topological polar surface area (TPSA) is 21.3 Å². The molecule has 0 spiro atoms. The molecule has 0 amide bonds. The number of hydrogen-bond donors (Lipinski definition) is 1. The maximum Gasteiger partial charge on any atom is 0.119 e. The van der Waals surface area contributed by atoms with Crippen molar-refractivity contribution in [1.29, 1.82) is 0 Å². The summed E-state index contributed by atoms with van der Waals surface area (Å²) in [6.45, 7) is 2.99. The summed E-state index contributed by atoms with van der Waals surface area (Å²) in [6, 6.07) is 11.3. The van der Waals surface area contributed by atoms with Crippen LogP contribution in [0.3, 0.4) is 0 Å². The van der Waals surface area contributed by atoms with Gasteiger partial charge in [-0.1, -0.05) is 31.5 Å². The van der Waals surface area contributed by atoms with Crippen molar-refractivity contribution in [1.82, 2.24) is 5.32 Å². The van der Waals surface area contributed by atoms with Crippen LogP contribution in [-0.4, -0.2) is 18.7 Å². The van der Waals surface area contributed by atoms with Crippen LogP contribution in [-0.2, 0) is 0 Å². The molecule has 1 fully saturated rings. The van der Waals surface area contributed by atoms with Crippen LogP contribution in [0.5, 0.6) is 5.75 Å². The van der Waals surface area contributed by atoms with Gasteiger partial charge in [0.05, 0.1) is 0 Å². The van der Waals surface area contributed by atoms with E-state index in [4.69, 9.17) is 4.74 Å². The molecule has 1 aliphatic carbocycles. The van der Waals surface area contributed by atoms with Crippen molar-refractivity contribution in [2.45, 2.75) is 44.7 Å². The normalized spacial score (nSPS) is 17.8. The van der Waals surface area contributed by atoms with E-state index in [0.29, 0.717) is 6.04 Å². The van der Waals surface area contributed by atoms with Crippen LogP contribution in [0.4, 0.5) is 0 Å². The Balaban J connectivity index is 1.73. The summed E-state index contributed by atoms with van der Waals surface area (Å²) in [5.41, 5.74) is 0. The smallest absolute Gasteiger partial charge is 0.119 e. The fourth-order valence-corrected chi connectivity index (χ4v) is 1.91. The van der Waals surface area contributed by atoms with Crippen molar-refractivity contribution < 1.29 is 4.74 Å². The number of nitrogens with one attached hydrogen (secondary N) is 1.